The van der Waals surface area contributed by atoms with Gasteiger partial charge in [0.15, 0.2) is 6.23 Å². The lowest BCUT2D eigenvalue weighted by atomic mass is 10.1. The van der Waals surface area contributed by atoms with Crippen molar-refractivity contribution in [1.29, 1.82) is 0 Å². The minimum Gasteiger partial charge on any atom is -1.00 e. The first-order chi connectivity index (χ1) is 8.20. The Balaban J connectivity index is 0.00000162. The Labute approximate surface area is 113 Å². The molecule has 1 atom stereocenters. The summed E-state index contributed by atoms with van der Waals surface area (Å²) in [7, 11) is 0. The number of aliphatic hydroxyl groups excluding tert-OH is 1. The van der Waals surface area contributed by atoms with Crippen molar-refractivity contribution in [2.45, 2.75) is 19.7 Å². The standard InChI is InChI=1S/C14H17N2O.ClH/c1-3-13-6-4-5-7-14(13)10-15-8-9-16(11-15)12(2)17;/h3-9,11-12,17H,1,10H2,2H3;1H/q+1;/p-1. The van der Waals surface area contributed by atoms with Crippen molar-refractivity contribution in [3.05, 3.63) is 60.7 Å². The first kappa shape index (κ1) is 14.5. The third kappa shape index (κ3) is 3.22. The molecule has 1 N–H and O–H groups in total. The minimum absolute atomic E-state index is 0. The maximum Gasteiger partial charge on any atom is 0.246 e. The van der Waals surface area contributed by atoms with E-state index in [9.17, 15) is 5.11 Å². The molecule has 0 saturated carbocycles. The van der Waals surface area contributed by atoms with Crippen LogP contribution in [0.4, 0.5) is 0 Å². The molecular formula is C14H17ClN2O. The van der Waals surface area contributed by atoms with E-state index in [1.165, 1.54) is 5.56 Å². The Morgan fingerprint density at radius 2 is 2.17 bits per heavy atom. The first-order valence-electron chi connectivity index (χ1n) is 5.65. The van der Waals surface area contributed by atoms with Crippen molar-refractivity contribution in [1.82, 2.24) is 4.57 Å². The average molecular weight is 265 g/mol. The number of hydrogen-bond donors (Lipinski definition) is 1. The molecule has 0 bridgehead atoms. The third-order valence-corrected chi connectivity index (χ3v) is 2.77. The van der Waals surface area contributed by atoms with Gasteiger partial charge in [-0.05, 0) is 5.56 Å². The van der Waals surface area contributed by atoms with Gasteiger partial charge in [0.05, 0.1) is 0 Å². The zero-order valence-electron chi connectivity index (χ0n) is 10.3. The summed E-state index contributed by atoms with van der Waals surface area (Å²) >= 11 is 0. The number of benzene rings is 1. The Morgan fingerprint density at radius 1 is 1.44 bits per heavy atom. The Morgan fingerprint density at radius 3 is 2.78 bits per heavy atom. The van der Waals surface area contributed by atoms with E-state index in [4.69, 9.17) is 0 Å². The van der Waals surface area contributed by atoms with E-state index in [1.54, 1.807) is 11.5 Å². The topological polar surface area (TPSA) is 29.0 Å². The highest BCUT2D eigenvalue weighted by molar-refractivity contribution is 5.51. The molecule has 1 aromatic carbocycles. The molecule has 0 amide bonds. The molecule has 96 valence electrons. The number of aromatic nitrogens is 2. The van der Waals surface area contributed by atoms with Crippen LogP contribution in [0.25, 0.3) is 6.08 Å². The smallest absolute Gasteiger partial charge is 0.246 e. The molecule has 1 heterocycles. The van der Waals surface area contributed by atoms with Gasteiger partial charge in [0.2, 0.25) is 6.33 Å². The minimum atomic E-state index is -0.495. The van der Waals surface area contributed by atoms with E-state index in [0.29, 0.717) is 0 Å². The molecule has 2 aromatic rings. The highest BCUT2D eigenvalue weighted by atomic mass is 35.5. The van der Waals surface area contributed by atoms with Crippen LogP contribution in [-0.4, -0.2) is 9.67 Å². The molecule has 1 unspecified atom stereocenters. The predicted octanol–water partition coefficient (Wildman–Crippen LogP) is -1.02. The summed E-state index contributed by atoms with van der Waals surface area (Å²) in [5.74, 6) is 0. The van der Waals surface area contributed by atoms with Gasteiger partial charge >= 0.3 is 0 Å². The van der Waals surface area contributed by atoms with Gasteiger partial charge < -0.3 is 17.5 Å². The summed E-state index contributed by atoms with van der Waals surface area (Å²) in [6.07, 6.45) is 7.07. The molecule has 3 nitrogen and oxygen atoms in total. The molecule has 4 heteroatoms. The van der Waals surface area contributed by atoms with Crippen LogP contribution in [0.15, 0.2) is 49.6 Å². The summed E-state index contributed by atoms with van der Waals surface area (Å²) in [6.45, 7) is 6.33. The van der Waals surface area contributed by atoms with Crippen molar-refractivity contribution in [2.75, 3.05) is 0 Å². The lowest BCUT2D eigenvalue weighted by Crippen LogP contribution is -3.00. The molecule has 0 saturated heterocycles. The van der Waals surface area contributed by atoms with Gasteiger partial charge in [0.25, 0.3) is 0 Å². The third-order valence-electron chi connectivity index (χ3n) is 2.77. The van der Waals surface area contributed by atoms with Crippen LogP contribution < -0.4 is 17.0 Å². The maximum absolute atomic E-state index is 9.44. The summed E-state index contributed by atoms with van der Waals surface area (Å²) in [4.78, 5) is 0. The van der Waals surface area contributed by atoms with Gasteiger partial charge in [-0.15, -0.1) is 0 Å². The van der Waals surface area contributed by atoms with E-state index < -0.39 is 6.23 Å². The van der Waals surface area contributed by atoms with Gasteiger partial charge in [-0.3, -0.25) is 0 Å². The predicted molar refractivity (Wildman–Crippen MR) is 67.2 cm³/mol. The van der Waals surface area contributed by atoms with Gasteiger partial charge in [0, 0.05) is 12.5 Å². The van der Waals surface area contributed by atoms with Crippen LogP contribution in [0.2, 0.25) is 0 Å². The van der Waals surface area contributed by atoms with E-state index in [0.717, 1.165) is 12.1 Å². The number of nitrogens with zero attached hydrogens (tertiary/aromatic N) is 2. The van der Waals surface area contributed by atoms with E-state index >= 15 is 0 Å². The second kappa shape index (κ2) is 6.38. The van der Waals surface area contributed by atoms with Gasteiger partial charge in [-0.25, -0.2) is 9.13 Å². The zero-order valence-corrected chi connectivity index (χ0v) is 11.1. The first-order valence-corrected chi connectivity index (χ1v) is 5.65. The number of aliphatic hydroxyl groups is 1. The molecule has 0 aliphatic carbocycles. The number of imidazole rings is 1. The van der Waals surface area contributed by atoms with Crippen molar-refractivity contribution in [3.63, 3.8) is 0 Å². The normalized spacial score (nSPS) is 11.7. The Kier molecular flexibility index (Phi) is 5.13. The Hall–Kier alpha value is -1.58. The quantitative estimate of drug-likeness (QED) is 0.704. The van der Waals surface area contributed by atoms with Gasteiger partial charge in [0.1, 0.15) is 18.9 Å². The average Bonchev–Trinajstić information content (AvgIpc) is 2.78. The molecule has 0 radical (unpaired) electrons. The number of hydrogen-bond acceptors (Lipinski definition) is 1. The van der Waals surface area contributed by atoms with Gasteiger partial charge in [-0.2, -0.15) is 0 Å². The van der Waals surface area contributed by atoms with Gasteiger partial charge in [-0.1, -0.05) is 36.9 Å². The summed E-state index contributed by atoms with van der Waals surface area (Å²) < 4.78 is 3.80. The van der Waals surface area contributed by atoms with Crippen molar-refractivity contribution in [2.24, 2.45) is 0 Å². The second-order valence-corrected chi connectivity index (χ2v) is 4.07. The molecule has 0 spiro atoms. The molecule has 1 aromatic heterocycles. The zero-order chi connectivity index (χ0) is 12.3. The highest BCUT2D eigenvalue weighted by Crippen LogP contribution is 2.09. The van der Waals surface area contributed by atoms with Crippen LogP contribution in [0.1, 0.15) is 24.3 Å². The molecule has 2 rings (SSSR count). The largest absolute Gasteiger partial charge is 1.00 e. The molecular weight excluding hydrogens is 248 g/mol. The lowest BCUT2D eigenvalue weighted by molar-refractivity contribution is -0.688. The number of rotatable bonds is 4. The van der Waals surface area contributed by atoms with Crippen molar-refractivity contribution < 1.29 is 22.1 Å². The van der Waals surface area contributed by atoms with E-state index in [1.807, 2.05) is 41.5 Å². The highest BCUT2D eigenvalue weighted by Gasteiger charge is 2.09. The van der Waals surface area contributed by atoms with Crippen molar-refractivity contribution >= 4 is 6.08 Å². The van der Waals surface area contributed by atoms with Crippen LogP contribution in [0.3, 0.4) is 0 Å². The van der Waals surface area contributed by atoms with Crippen molar-refractivity contribution in [3.8, 4) is 0 Å². The second-order valence-electron chi connectivity index (χ2n) is 4.07. The fourth-order valence-corrected chi connectivity index (χ4v) is 1.80. The van der Waals surface area contributed by atoms with Crippen LogP contribution in [0.5, 0.6) is 0 Å². The Bertz CT molecular complexity index is 520. The van der Waals surface area contributed by atoms with Crippen LogP contribution >= 0.6 is 0 Å². The fraction of sp³-hybridized carbons (Fsp3) is 0.214. The summed E-state index contributed by atoms with van der Waals surface area (Å²) in [5, 5.41) is 9.44. The SMILES string of the molecule is C=Cc1ccccc1C[n+]1ccn(C(C)O)c1.[Cl-]. The van der Waals surface area contributed by atoms with Crippen LogP contribution in [0, 0.1) is 0 Å². The monoisotopic (exact) mass is 264 g/mol. The van der Waals surface area contributed by atoms with E-state index in [-0.39, 0.29) is 12.4 Å². The summed E-state index contributed by atoms with van der Waals surface area (Å²) in [6, 6.07) is 8.17. The molecule has 18 heavy (non-hydrogen) atoms. The number of halogens is 1. The van der Waals surface area contributed by atoms with Crippen LogP contribution in [-0.2, 0) is 6.54 Å². The molecule has 0 aliphatic heterocycles. The maximum atomic E-state index is 9.44. The lowest BCUT2D eigenvalue weighted by Gasteiger charge is -2.02. The van der Waals surface area contributed by atoms with E-state index in [2.05, 4.69) is 18.7 Å². The fourth-order valence-electron chi connectivity index (χ4n) is 1.80. The molecule has 0 fully saturated rings. The molecule has 0 aliphatic rings. The summed E-state index contributed by atoms with van der Waals surface area (Å²) in [5.41, 5.74) is 2.36.